The zero-order chi connectivity index (χ0) is 17.2. The second-order valence-corrected chi connectivity index (χ2v) is 5.73. The molecule has 0 amide bonds. The normalized spacial score (nSPS) is 11.0. The number of aromatic nitrogens is 5. The molecule has 25 heavy (non-hydrogen) atoms. The summed E-state index contributed by atoms with van der Waals surface area (Å²) in [5.74, 6) is 1.75. The lowest BCUT2D eigenvalue weighted by atomic mass is 10.2. The molecule has 0 unspecified atom stereocenters. The van der Waals surface area contributed by atoms with Gasteiger partial charge in [0.25, 0.3) is 0 Å². The van der Waals surface area contributed by atoms with Gasteiger partial charge < -0.3 is 9.73 Å². The second kappa shape index (κ2) is 6.27. The molecule has 0 aliphatic heterocycles. The van der Waals surface area contributed by atoms with Gasteiger partial charge in [-0.15, -0.1) is 5.10 Å². The molecule has 0 saturated heterocycles. The Hall–Kier alpha value is -3.35. The van der Waals surface area contributed by atoms with E-state index in [2.05, 4.69) is 30.5 Å². The molecule has 0 atom stereocenters. The molecule has 0 saturated carbocycles. The first kappa shape index (κ1) is 15.2. The highest BCUT2D eigenvalue weighted by Crippen LogP contribution is 2.26. The average molecular weight is 332 g/mol. The van der Waals surface area contributed by atoms with E-state index in [0.29, 0.717) is 29.8 Å². The van der Waals surface area contributed by atoms with Crippen LogP contribution in [0.1, 0.15) is 17.2 Å². The van der Waals surface area contributed by atoms with Crippen molar-refractivity contribution in [3.8, 4) is 11.5 Å². The van der Waals surface area contributed by atoms with Crippen LogP contribution in [-0.2, 0) is 6.54 Å². The van der Waals surface area contributed by atoms with Crippen LogP contribution in [0.3, 0.4) is 0 Å². The van der Waals surface area contributed by atoms with Gasteiger partial charge in [-0.3, -0.25) is 0 Å². The summed E-state index contributed by atoms with van der Waals surface area (Å²) in [5, 5.41) is 12.1. The molecule has 7 nitrogen and oxygen atoms in total. The van der Waals surface area contributed by atoms with Crippen LogP contribution in [-0.4, -0.2) is 25.1 Å². The van der Waals surface area contributed by atoms with Gasteiger partial charge in [0.1, 0.15) is 17.1 Å². The number of benzene rings is 1. The van der Waals surface area contributed by atoms with Gasteiger partial charge in [0, 0.05) is 16.8 Å². The smallest absolute Gasteiger partial charge is 0.243 e. The summed E-state index contributed by atoms with van der Waals surface area (Å²) in [6, 6.07) is 11.7. The van der Waals surface area contributed by atoms with Gasteiger partial charge >= 0.3 is 0 Å². The van der Waals surface area contributed by atoms with E-state index in [-0.39, 0.29) is 0 Å². The number of para-hydroxylation sites is 1. The third-order valence-electron chi connectivity index (χ3n) is 3.67. The fourth-order valence-corrected chi connectivity index (χ4v) is 2.64. The van der Waals surface area contributed by atoms with Crippen LogP contribution in [0.25, 0.3) is 22.4 Å². The van der Waals surface area contributed by atoms with Crippen molar-refractivity contribution in [3.05, 3.63) is 59.8 Å². The second-order valence-electron chi connectivity index (χ2n) is 5.73. The number of hydrogen-bond donors (Lipinski definition) is 1. The summed E-state index contributed by atoms with van der Waals surface area (Å²) in [6.45, 7) is 4.31. The molecule has 3 heterocycles. The highest BCUT2D eigenvalue weighted by molar-refractivity contribution is 5.81. The largest absolute Gasteiger partial charge is 0.454 e. The summed E-state index contributed by atoms with van der Waals surface area (Å²) in [5.41, 5.74) is 3.29. The monoisotopic (exact) mass is 332 g/mol. The molecule has 0 aliphatic carbocycles. The number of furan rings is 1. The molecule has 4 rings (SSSR count). The van der Waals surface area contributed by atoms with Crippen molar-refractivity contribution in [2.45, 2.75) is 20.4 Å². The van der Waals surface area contributed by atoms with E-state index < -0.39 is 0 Å². The minimum absolute atomic E-state index is 0.403. The Kier molecular flexibility index (Phi) is 3.81. The molecule has 0 fully saturated rings. The third kappa shape index (κ3) is 3.30. The Morgan fingerprint density at radius 1 is 1.00 bits per heavy atom. The van der Waals surface area contributed by atoms with Crippen LogP contribution in [0.15, 0.2) is 47.0 Å². The van der Waals surface area contributed by atoms with Crippen LogP contribution < -0.4 is 5.32 Å². The Bertz CT molecular complexity index is 989. The first-order valence-electron chi connectivity index (χ1n) is 7.91. The fraction of sp³-hybridized carbons (Fsp3) is 0.167. The highest BCUT2D eigenvalue weighted by Gasteiger charge is 2.09. The molecule has 0 bridgehead atoms. The third-order valence-corrected chi connectivity index (χ3v) is 3.67. The molecule has 4 aromatic rings. The molecule has 1 N–H and O–H groups in total. The lowest BCUT2D eigenvalue weighted by Crippen LogP contribution is -2.09. The minimum atomic E-state index is 0.403. The Balaban J connectivity index is 1.56. The van der Waals surface area contributed by atoms with Gasteiger partial charge in [-0.2, -0.15) is 5.10 Å². The van der Waals surface area contributed by atoms with Gasteiger partial charge in [-0.1, -0.05) is 18.2 Å². The van der Waals surface area contributed by atoms with E-state index in [1.165, 1.54) is 0 Å². The predicted molar refractivity (Wildman–Crippen MR) is 93.9 cm³/mol. The molecular formula is C18H16N6O. The Morgan fingerprint density at radius 2 is 1.80 bits per heavy atom. The maximum Gasteiger partial charge on any atom is 0.243 e. The molecule has 0 aliphatic rings. The zero-order valence-corrected chi connectivity index (χ0v) is 13.9. The number of fused-ring (bicyclic) bond motifs is 1. The number of hydrogen-bond acceptors (Lipinski definition) is 7. The quantitative estimate of drug-likeness (QED) is 0.613. The van der Waals surface area contributed by atoms with Crippen molar-refractivity contribution in [1.82, 2.24) is 25.1 Å². The van der Waals surface area contributed by atoms with Crippen LogP contribution >= 0.6 is 0 Å². The van der Waals surface area contributed by atoms with Gasteiger partial charge in [-0.25, -0.2) is 15.0 Å². The van der Waals surface area contributed by atoms with Crippen molar-refractivity contribution in [2.75, 3.05) is 5.32 Å². The standard InChI is InChI=1S/C18H16N6O/c1-11-7-12(2)22-17(21-11)10-19-18-23-14(9-20-24-18)16-8-13-5-3-4-6-15(13)25-16/h3-9H,10H2,1-2H3,(H,19,23,24). The average Bonchev–Trinajstić information content (AvgIpc) is 3.04. The summed E-state index contributed by atoms with van der Waals surface area (Å²) >= 11 is 0. The maximum atomic E-state index is 5.82. The SMILES string of the molecule is Cc1cc(C)nc(CNc2nncc(-c3cc4ccccc4o3)n2)n1. The summed E-state index contributed by atoms with van der Waals surface area (Å²) < 4.78 is 5.82. The summed E-state index contributed by atoms with van der Waals surface area (Å²) in [6.07, 6.45) is 1.58. The van der Waals surface area contributed by atoms with Crippen molar-refractivity contribution in [3.63, 3.8) is 0 Å². The molecule has 1 aromatic carbocycles. The molecule has 124 valence electrons. The molecule has 0 spiro atoms. The lowest BCUT2D eigenvalue weighted by Gasteiger charge is -2.05. The number of anilines is 1. The van der Waals surface area contributed by atoms with Crippen molar-refractivity contribution in [1.29, 1.82) is 0 Å². The first-order valence-corrected chi connectivity index (χ1v) is 7.91. The minimum Gasteiger partial charge on any atom is -0.454 e. The van der Waals surface area contributed by atoms with E-state index in [1.54, 1.807) is 6.20 Å². The van der Waals surface area contributed by atoms with Gasteiger partial charge in [-0.05, 0) is 32.0 Å². The van der Waals surface area contributed by atoms with Gasteiger partial charge in [0.05, 0.1) is 12.7 Å². The fourth-order valence-electron chi connectivity index (χ4n) is 2.64. The summed E-state index contributed by atoms with van der Waals surface area (Å²) in [7, 11) is 0. The van der Waals surface area contributed by atoms with Crippen molar-refractivity contribution >= 4 is 16.9 Å². The van der Waals surface area contributed by atoms with E-state index in [9.17, 15) is 0 Å². The predicted octanol–water partition coefficient (Wildman–Crippen LogP) is 3.30. The van der Waals surface area contributed by atoms with Gasteiger partial charge in [0.15, 0.2) is 5.76 Å². The highest BCUT2D eigenvalue weighted by atomic mass is 16.3. The van der Waals surface area contributed by atoms with E-state index in [4.69, 9.17) is 4.42 Å². The number of rotatable bonds is 4. The molecule has 0 radical (unpaired) electrons. The van der Waals surface area contributed by atoms with Crippen LogP contribution in [0, 0.1) is 13.8 Å². The Labute approximate surface area is 144 Å². The van der Waals surface area contributed by atoms with Crippen LogP contribution in [0.2, 0.25) is 0 Å². The van der Waals surface area contributed by atoms with E-state index in [1.807, 2.05) is 50.2 Å². The zero-order valence-electron chi connectivity index (χ0n) is 13.9. The molecular weight excluding hydrogens is 316 g/mol. The van der Waals surface area contributed by atoms with Crippen LogP contribution in [0.4, 0.5) is 5.95 Å². The van der Waals surface area contributed by atoms with Crippen molar-refractivity contribution in [2.24, 2.45) is 0 Å². The van der Waals surface area contributed by atoms with Gasteiger partial charge in [0.2, 0.25) is 5.95 Å². The first-order chi connectivity index (χ1) is 12.2. The topological polar surface area (TPSA) is 89.6 Å². The van der Waals surface area contributed by atoms with E-state index >= 15 is 0 Å². The number of aryl methyl sites for hydroxylation is 2. The van der Waals surface area contributed by atoms with E-state index in [0.717, 1.165) is 22.4 Å². The maximum absolute atomic E-state index is 5.82. The van der Waals surface area contributed by atoms with Crippen LogP contribution in [0.5, 0.6) is 0 Å². The number of nitrogens with zero attached hydrogens (tertiary/aromatic N) is 5. The number of nitrogens with one attached hydrogen (secondary N) is 1. The Morgan fingerprint density at radius 3 is 2.60 bits per heavy atom. The lowest BCUT2D eigenvalue weighted by molar-refractivity contribution is 0.627. The van der Waals surface area contributed by atoms with Crippen molar-refractivity contribution < 1.29 is 4.42 Å². The molecule has 3 aromatic heterocycles. The molecule has 7 heteroatoms. The summed E-state index contributed by atoms with van der Waals surface area (Å²) in [4.78, 5) is 13.2.